The fourth-order valence-corrected chi connectivity index (χ4v) is 5.99. The Labute approximate surface area is 228 Å². The van der Waals surface area contributed by atoms with Gasteiger partial charge in [0.25, 0.3) is 0 Å². The van der Waals surface area contributed by atoms with Crippen LogP contribution in [0.15, 0.2) is 54.6 Å². The summed E-state index contributed by atoms with van der Waals surface area (Å²) in [5, 5.41) is 14.0. The minimum absolute atomic E-state index is 0.0117. The standard InChI is InChI=1S/C29H36N4O6/c34-26-19-39-25-12-16-33(18-24(25)31-26)29(37)32-14-10-22(11-15-32)27(20-4-2-1-3-5-20)21-6-8-23(9-7-21)38-17-13-30-28(35)36/h1-9,22,24-25,27,30H,10-19H2,(H,31,34)(H,35,36)/t24-,25+,27-/m1/s1. The Morgan fingerprint density at radius 1 is 1.00 bits per heavy atom. The van der Waals surface area contributed by atoms with Gasteiger partial charge in [-0.3, -0.25) is 4.79 Å². The van der Waals surface area contributed by atoms with Crippen LogP contribution in [0.25, 0.3) is 0 Å². The van der Waals surface area contributed by atoms with Crippen LogP contribution in [0.3, 0.4) is 0 Å². The van der Waals surface area contributed by atoms with E-state index in [1.807, 2.05) is 28.0 Å². The first-order chi connectivity index (χ1) is 19.0. The van der Waals surface area contributed by atoms with Crippen molar-refractivity contribution in [1.82, 2.24) is 20.4 Å². The molecule has 4 amide bonds. The Balaban J connectivity index is 1.21. The monoisotopic (exact) mass is 536 g/mol. The van der Waals surface area contributed by atoms with Gasteiger partial charge in [-0.05, 0) is 48.4 Å². The Kier molecular flexibility index (Phi) is 8.51. The largest absolute Gasteiger partial charge is 0.492 e. The van der Waals surface area contributed by atoms with Crippen molar-refractivity contribution in [3.8, 4) is 5.75 Å². The van der Waals surface area contributed by atoms with Crippen molar-refractivity contribution < 1.29 is 29.0 Å². The van der Waals surface area contributed by atoms with Crippen LogP contribution in [0.4, 0.5) is 9.59 Å². The highest BCUT2D eigenvalue weighted by atomic mass is 16.5. The zero-order chi connectivity index (χ0) is 27.2. The molecule has 0 aliphatic carbocycles. The topological polar surface area (TPSA) is 120 Å². The third-order valence-electron chi connectivity index (χ3n) is 7.92. The molecule has 0 aromatic heterocycles. The van der Waals surface area contributed by atoms with Gasteiger partial charge in [0.2, 0.25) is 5.91 Å². The first-order valence-corrected chi connectivity index (χ1v) is 13.7. The summed E-state index contributed by atoms with van der Waals surface area (Å²) in [7, 11) is 0. The van der Waals surface area contributed by atoms with Crippen LogP contribution in [-0.2, 0) is 9.53 Å². The summed E-state index contributed by atoms with van der Waals surface area (Å²) in [4.78, 5) is 39.5. The number of nitrogens with one attached hydrogen (secondary N) is 2. The second kappa shape index (κ2) is 12.4. The summed E-state index contributed by atoms with van der Waals surface area (Å²) < 4.78 is 11.3. The molecule has 2 aromatic rings. The number of carbonyl (C=O) groups excluding carboxylic acids is 2. The number of fused-ring (bicyclic) bond motifs is 1. The fourth-order valence-electron chi connectivity index (χ4n) is 5.99. The highest BCUT2D eigenvalue weighted by molar-refractivity contribution is 5.79. The Morgan fingerprint density at radius 3 is 2.41 bits per heavy atom. The van der Waals surface area contributed by atoms with Crippen molar-refractivity contribution in [3.05, 3.63) is 65.7 Å². The van der Waals surface area contributed by atoms with Gasteiger partial charge in [0, 0.05) is 32.1 Å². The molecule has 0 unspecified atom stereocenters. The zero-order valence-corrected chi connectivity index (χ0v) is 22.0. The third kappa shape index (κ3) is 6.62. The third-order valence-corrected chi connectivity index (χ3v) is 7.92. The molecule has 3 aliphatic heterocycles. The van der Waals surface area contributed by atoms with Crippen LogP contribution in [0, 0.1) is 5.92 Å². The van der Waals surface area contributed by atoms with Gasteiger partial charge in [-0.25, -0.2) is 9.59 Å². The molecule has 39 heavy (non-hydrogen) atoms. The van der Waals surface area contributed by atoms with Gasteiger partial charge in [0.15, 0.2) is 0 Å². The number of carboxylic acid groups (broad SMARTS) is 1. The quantitative estimate of drug-likeness (QED) is 0.468. The summed E-state index contributed by atoms with van der Waals surface area (Å²) in [6.07, 6.45) is 1.44. The molecule has 3 saturated heterocycles. The van der Waals surface area contributed by atoms with Crippen LogP contribution in [0.2, 0.25) is 0 Å². The maximum absolute atomic E-state index is 13.4. The van der Waals surface area contributed by atoms with Gasteiger partial charge in [-0.1, -0.05) is 42.5 Å². The molecule has 3 heterocycles. The first-order valence-electron chi connectivity index (χ1n) is 13.7. The minimum Gasteiger partial charge on any atom is -0.492 e. The molecule has 10 nitrogen and oxygen atoms in total. The maximum Gasteiger partial charge on any atom is 0.404 e. The van der Waals surface area contributed by atoms with Crippen molar-refractivity contribution >= 4 is 18.0 Å². The molecule has 10 heteroatoms. The fraction of sp³-hybridized carbons (Fsp3) is 0.483. The number of benzene rings is 2. The molecule has 5 rings (SSSR count). The summed E-state index contributed by atoms with van der Waals surface area (Å²) in [5.74, 6) is 1.14. The molecular weight excluding hydrogens is 500 g/mol. The van der Waals surface area contributed by atoms with Gasteiger partial charge < -0.3 is 35.0 Å². The van der Waals surface area contributed by atoms with E-state index in [0.29, 0.717) is 37.8 Å². The van der Waals surface area contributed by atoms with Crippen molar-refractivity contribution in [2.75, 3.05) is 45.9 Å². The van der Waals surface area contributed by atoms with Gasteiger partial charge in [-0.2, -0.15) is 0 Å². The minimum atomic E-state index is -1.07. The lowest BCUT2D eigenvalue weighted by Gasteiger charge is -2.44. The number of likely N-dealkylation sites (tertiary alicyclic amines) is 2. The van der Waals surface area contributed by atoms with E-state index in [-0.39, 0.29) is 49.8 Å². The second-order valence-corrected chi connectivity index (χ2v) is 10.4. The van der Waals surface area contributed by atoms with Crippen molar-refractivity contribution in [1.29, 1.82) is 0 Å². The number of carbonyl (C=O) groups is 3. The number of hydrogen-bond donors (Lipinski definition) is 3. The van der Waals surface area contributed by atoms with Crippen molar-refractivity contribution in [2.24, 2.45) is 5.92 Å². The molecule has 3 atom stereocenters. The smallest absolute Gasteiger partial charge is 0.404 e. The van der Waals surface area contributed by atoms with Crippen LogP contribution < -0.4 is 15.4 Å². The lowest BCUT2D eigenvalue weighted by atomic mass is 9.76. The summed E-state index contributed by atoms with van der Waals surface area (Å²) in [5.41, 5.74) is 2.44. The number of nitrogens with zero attached hydrogens (tertiary/aromatic N) is 2. The van der Waals surface area contributed by atoms with Crippen LogP contribution in [-0.4, -0.2) is 91.0 Å². The van der Waals surface area contributed by atoms with Crippen LogP contribution in [0.5, 0.6) is 5.75 Å². The molecule has 3 aliphatic rings. The molecule has 2 aromatic carbocycles. The van der Waals surface area contributed by atoms with Crippen LogP contribution >= 0.6 is 0 Å². The van der Waals surface area contributed by atoms with Crippen molar-refractivity contribution in [3.63, 3.8) is 0 Å². The van der Waals surface area contributed by atoms with E-state index in [1.54, 1.807) is 0 Å². The summed E-state index contributed by atoms with van der Waals surface area (Å²) >= 11 is 0. The number of morpholine rings is 1. The summed E-state index contributed by atoms with van der Waals surface area (Å²) in [6, 6.07) is 18.4. The number of amides is 4. The van der Waals surface area contributed by atoms with Crippen LogP contribution in [0.1, 0.15) is 36.3 Å². The van der Waals surface area contributed by atoms with Crippen molar-refractivity contribution in [2.45, 2.75) is 37.3 Å². The van der Waals surface area contributed by atoms with E-state index in [1.165, 1.54) is 11.1 Å². The molecule has 0 saturated carbocycles. The molecular formula is C29H36N4O6. The van der Waals surface area contributed by atoms with E-state index in [0.717, 1.165) is 19.3 Å². The molecule has 0 spiro atoms. The number of ether oxygens (including phenoxy) is 2. The second-order valence-electron chi connectivity index (χ2n) is 10.4. The van der Waals surface area contributed by atoms with Gasteiger partial charge in [-0.15, -0.1) is 0 Å². The molecule has 208 valence electrons. The lowest BCUT2D eigenvalue weighted by Crippen LogP contribution is -2.62. The number of piperidine rings is 2. The molecule has 3 N–H and O–H groups in total. The van der Waals surface area contributed by atoms with E-state index in [4.69, 9.17) is 14.6 Å². The number of hydrogen-bond acceptors (Lipinski definition) is 5. The Bertz CT molecular complexity index is 1140. The zero-order valence-electron chi connectivity index (χ0n) is 22.0. The lowest BCUT2D eigenvalue weighted by molar-refractivity contribution is -0.139. The molecule has 3 fully saturated rings. The Hall–Kier alpha value is -3.79. The predicted molar refractivity (Wildman–Crippen MR) is 144 cm³/mol. The Morgan fingerprint density at radius 2 is 1.69 bits per heavy atom. The van der Waals surface area contributed by atoms with E-state index >= 15 is 0 Å². The normalized spacial score (nSPS) is 22.4. The highest BCUT2D eigenvalue weighted by Crippen LogP contribution is 2.38. The van der Waals surface area contributed by atoms with Gasteiger partial charge in [0.05, 0.1) is 18.7 Å². The number of rotatable bonds is 7. The predicted octanol–water partition coefficient (Wildman–Crippen LogP) is 2.89. The van der Waals surface area contributed by atoms with E-state index in [2.05, 4.69) is 47.0 Å². The van der Waals surface area contributed by atoms with Gasteiger partial charge >= 0.3 is 12.1 Å². The van der Waals surface area contributed by atoms with E-state index < -0.39 is 6.09 Å². The number of urea groups is 1. The molecule has 0 radical (unpaired) electrons. The average molecular weight is 537 g/mol. The SMILES string of the molecule is O=C(O)NCCOc1ccc([C@@H](c2ccccc2)C2CCN(C(=O)N3CC[C@@H]4OCC(=O)N[C@@H]4C3)CC2)cc1. The van der Waals surface area contributed by atoms with E-state index in [9.17, 15) is 14.4 Å². The maximum atomic E-state index is 13.4. The first kappa shape index (κ1) is 26.8. The summed E-state index contributed by atoms with van der Waals surface area (Å²) in [6.45, 7) is 3.10. The average Bonchev–Trinajstić information content (AvgIpc) is 2.96. The highest BCUT2D eigenvalue weighted by Gasteiger charge is 2.38. The molecule has 0 bridgehead atoms. The van der Waals surface area contributed by atoms with Gasteiger partial charge in [0.1, 0.15) is 19.0 Å².